The topological polar surface area (TPSA) is 9.72 Å². The van der Waals surface area contributed by atoms with Gasteiger partial charge in [0, 0.05) is 50.7 Å². The van der Waals surface area contributed by atoms with Crippen molar-refractivity contribution in [2.45, 2.75) is 156 Å². The average Bonchev–Trinajstić information content (AvgIpc) is 1.86. The van der Waals surface area contributed by atoms with E-state index < -0.39 is 0 Å². The number of fused-ring (bicyclic) bond motifs is 7. The molecule has 1 aliphatic carbocycles. The van der Waals surface area contributed by atoms with Gasteiger partial charge in [0.05, 0.1) is 16.9 Å². The summed E-state index contributed by atoms with van der Waals surface area (Å²) in [7, 11) is 0. The van der Waals surface area contributed by atoms with Gasteiger partial charge in [-0.1, -0.05) is 243 Å². The van der Waals surface area contributed by atoms with Crippen molar-refractivity contribution in [1.82, 2.24) is 0 Å². The predicted molar refractivity (Wildman–Crippen MR) is 359 cm³/mol. The Morgan fingerprint density at radius 3 is 1.28 bits per heavy atom. The molecule has 0 saturated heterocycles. The summed E-state index contributed by atoms with van der Waals surface area (Å²) in [5, 5.41) is 0. The molecule has 1 saturated carbocycles. The molecule has 13 rings (SSSR count). The van der Waals surface area contributed by atoms with Gasteiger partial charge in [-0.3, -0.25) is 0 Å². The molecule has 2 unspecified atom stereocenters. The Morgan fingerprint density at radius 1 is 0.349 bits per heavy atom. The van der Waals surface area contributed by atoms with Gasteiger partial charge in [-0.15, -0.1) is 0 Å². The average molecular weight is 1090 g/mol. The molecule has 9 aromatic rings. The number of hydrogen-bond donors (Lipinski definition) is 0. The molecule has 0 spiro atoms. The molecular formula is C79H84BN3. The van der Waals surface area contributed by atoms with Gasteiger partial charge >= 0.3 is 0 Å². The number of hydrogen-bond acceptors (Lipinski definition) is 3. The fourth-order valence-corrected chi connectivity index (χ4v) is 15.4. The molecule has 83 heavy (non-hydrogen) atoms. The third kappa shape index (κ3) is 8.82. The normalized spacial score (nSPS) is 18.8. The highest BCUT2D eigenvalue weighted by Gasteiger charge is 2.64. The minimum atomic E-state index is -0.250. The lowest BCUT2D eigenvalue weighted by Gasteiger charge is -2.47. The lowest BCUT2D eigenvalue weighted by molar-refractivity contribution is 0.330. The Bertz CT molecular complexity index is 4030. The number of rotatable bonds is 6. The third-order valence-electron chi connectivity index (χ3n) is 19.7. The van der Waals surface area contributed by atoms with Crippen molar-refractivity contribution < 1.29 is 0 Å². The molecule has 2 atom stereocenters. The summed E-state index contributed by atoms with van der Waals surface area (Å²) in [4.78, 5) is 8.23. The largest absolute Gasteiger partial charge is 0.334 e. The van der Waals surface area contributed by atoms with Crippen LogP contribution in [0.4, 0.5) is 45.5 Å². The summed E-state index contributed by atoms with van der Waals surface area (Å²) in [6.07, 6.45) is 2.16. The Hall–Kier alpha value is -7.56. The highest BCUT2D eigenvalue weighted by Crippen LogP contribution is 2.68. The van der Waals surface area contributed by atoms with Crippen LogP contribution in [0.3, 0.4) is 0 Å². The first-order valence-electron chi connectivity index (χ1n) is 30.6. The van der Waals surface area contributed by atoms with Crippen molar-refractivity contribution in [3.05, 3.63) is 222 Å². The van der Waals surface area contributed by atoms with Crippen LogP contribution < -0.4 is 31.1 Å². The van der Waals surface area contributed by atoms with E-state index in [1.165, 1.54) is 123 Å². The van der Waals surface area contributed by atoms with Gasteiger partial charge in [-0.2, -0.15) is 0 Å². The van der Waals surface area contributed by atoms with Crippen LogP contribution in [0.2, 0.25) is 0 Å². The zero-order valence-corrected chi connectivity index (χ0v) is 52.3. The van der Waals surface area contributed by atoms with E-state index in [2.05, 4.69) is 320 Å². The first-order valence-corrected chi connectivity index (χ1v) is 30.6. The third-order valence-corrected chi connectivity index (χ3v) is 19.7. The summed E-state index contributed by atoms with van der Waals surface area (Å²) in [5.74, 6) is 0. The summed E-state index contributed by atoms with van der Waals surface area (Å²) < 4.78 is 0. The highest BCUT2D eigenvalue weighted by atomic mass is 15.3. The summed E-state index contributed by atoms with van der Waals surface area (Å²) in [6, 6.07) is 75.6. The van der Waals surface area contributed by atoms with Crippen LogP contribution >= 0.6 is 0 Å². The second-order valence-corrected chi connectivity index (χ2v) is 30.3. The quantitative estimate of drug-likeness (QED) is 0.154. The van der Waals surface area contributed by atoms with Gasteiger partial charge in [0.25, 0.3) is 6.71 Å². The van der Waals surface area contributed by atoms with Crippen molar-refractivity contribution in [1.29, 1.82) is 0 Å². The van der Waals surface area contributed by atoms with Gasteiger partial charge in [0.1, 0.15) is 0 Å². The minimum absolute atomic E-state index is 0.000418. The predicted octanol–water partition coefficient (Wildman–Crippen LogP) is 19.9. The van der Waals surface area contributed by atoms with Crippen LogP contribution in [0.1, 0.15) is 151 Å². The van der Waals surface area contributed by atoms with E-state index in [1.807, 2.05) is 0 Å². The van der Waals surface area contributed by atoms with Crippen molar-refractivity contribution in [2.75, 3.05) is 14.7 Å². The molecule has 0 amide bonds. The molecule has 3 nitrogen and oxygen atoms in total. The van der Waals surface area contributed by atoms with E-state index in [9.17, 15) is 0 Å². The smallest absolute Gasteiger partial charge is 0.252 e. The summed E-state index contributed by atoms with van der Waals surface area (Å²) in [6.45, 7) is 38.4. The van der Waals surface area contributed by atoms with Gasteiger partial charge in [0.2, 0.25) is 0 Å². The van der Waals surface area contributed by atoms with Crippen molar-refractivity contribution in [2.24, 2.45) is 5.41 Å². The first kappa shape index (κ1) is 54.7. The molecule has 0 radical (unpaired) electrons. The first-order chi connectivity index (χ1) is 39.1. The van der Waals surface area contributed by atoms with Crippen molar-refractivity contribution >= 4 is 68.6 Å². The maximum atomic E-state index is 2.83. The molecule has 4 aliphatic rings. The highest BCUT2D eigenvalue weighted by molar-refractivity contribution is 7.00. The maximum absolute atomic E-state index is 2.83. The van der Waals surface area contributed by atoms with Crippen LogP contribution in [0, 0.1) is 5.41 Å². The number of benzene rings is 9. The zero-order valence-electron chi connectivity index (χ0n) is 52.3. The zero-order chi connectivity index (χ0) is 58.6. The van der Waals surface area contributed by atoms with Crippen LogP contribution in [0.5, 0.6) is 0 Å². The summed E-state index contributed by atoms with van der Waals surface area (Å²) in [5.41, 5.74) is 27.3. The second kappa shape index (κ2) is 18.7. The van der Waals surface area contributed by atoms with E-state index in [4.69, 9.17) is 0 Å². The maximum Gasteiger partial charge on any atom is 0.252 e. The molecule has 1 fully saturated rings. The van der Waals surface area contributed by atoms with E-state index in [0.717, 1.165) is 12.8 Å². The van der Waals surface area contributed by atoms with Gasteiger partial charge < -0.3 is 14.7 Å². The summed E-state index contributed by atoms with van der Waals surface area (Å²) >= 11 is 0. The molecule has 0 bridgehead atoms. The monoisotopic (exact) mass is 1090 g/mol. The standard InChI is InChI=1S/C79H84BN3/c1-73(2,3)55-33-38-65(60(43-55)52-28-22-18-23-29-52)81-68-41-36-58(76(10,11)12)46-64(68)80-63-37-32-54(51-26-20-17-21-27-51)42-69(63)82(66-39-34-56(74(4,5)6)44-61(66)53-30-24-19-25-31-53)71-48-59(47-70(81)72(71)80)83-67-40-35-57(75(7,8)9)45-62(67)78(15)49-77(13,14)50-79(78,83)16/h17-48H,49-50H2,1-16H3. The number of nitrogens with zero attached hydrogens (tertiary/aromatic N) is 3. The van der Waals surface area contributed by atoms with Crippen LogP contribution in [-0.4, -0.2) is 12.3 Å². The Morgan fingerprint density at radius 2 is 0.783 bits per heavy atom. The number of anilines is 8. The van der Waals surface area contributed by atoms with Gasteiger partial charge in [-0.05, 0) is 168 Å². The Balaban J connectivity index is 1.21. The van der Waals surface area contributed by atoms with Crippen molar-refractivity contribution in [3.8, 4) is 33.4 Å². The van der Waals surface area contributed by atoms with Crippen LogP contribution in [-0.2, 0) is 27.1 Å². The molecule has 9 aromatic carbocycles. The lowest BCUT2D eigenvalue weighted by Crippen LogP contribution is -2.61. The molecule has 4 heteroatoms. The molecule has 0 N–H and O–H groups in total. The molecular weight excluding hydrogens is 1000 g/mol. The van der Waals surface area contributed by atoms with E-state index in [0.29, 0.717) is 0 Å². The second-order valence-electron chi connectivity index (χ2n) is 30.3. The van der Waals surface area contributed by atoms with E-state index in [-0.39, 0.29) is 44.7 Å². The Labute approximate surface area is 497 Å². The molecule has 3 heterocycles. The molecule has 3 aliphatic heterocycles. The fraction of sp³-hybridized carbons (Fsp3) is 0.316. The fourth-order valence-electron chi connectivity index (χ4n) is 15.4. The SMILES string of the molecule is CC1(C)CC2(C)c3cc(C(C)(C)C)ccc3N(c3cc4c5c(c3)N(c3ccc(C(C)(C)C)cc3-c3ccccc3)c3cc(-c6ccccc6)ccc3B5c3cc(C(C)(C)C)ccc3N4c3ccc(C(C)(C)C)cc3-c3ccccc3)C2(C)C1. The lowest BCUT2D eigenvalue weighted by atomic mass is 9.33. The van der Waals surface area contributed by atoms with E-state index >= 15 is 0 Å². The van der Waals surface area contributed by atoms with Crippen LogP contribution in [0.15, 0.2) is 194 Å². The van der Waals surface area contributed by atoms with Gasteiger partial charge in [0.15, 0.2) is 0 Å². The van der Waals surface area contributed by atoms with Crippen molar-refractivity contribution in [3.63, 3.8) is 0 Å². The molecule has 418 valence electrons. The molecule has 0 aromatic heterocycles. The Kier molecular flexibility index (Phi) is 12.3. The minimum Gasteiger partial charge on any atom is -0.334 e. The van der Waals surface area contributed by atoms with Crippen LogP contribution in [0.25, 0.3) is 33.4 Å². The van der Waals surface area contributed by atoms with Gasteiger partial charge in [-0.25, -0.2) is 0 Å². The van der Waals surface area contributed by atoms with E-state index in [1.54, 1.807) is 0 Å².